The van der Waals surface area contributed by atoms with Crippen molar-refractivity contribution in [3.8, 4) is 11.4 Å². The highest BCUT2D eigenvalue weighted by atomic mass is 35.5. The molecule has 2 unspecified atom stereocenters. The summed E-state index contributed by atoms with van der Waals surface area (Å²) in [4.78, 5) is 21.6. The molecule has 4 rings (SSSR count). The van der Waals surface area contributed by atoms with Gasteiger partial charge in [-0.05, 0) is 25.9 Å². The van der Waals surface area contributed by atoms with Gasteiger partial charge in [0.25, 0.3) is 0 Å². The minimum absolute atomic E-state index is 0. The molecule has 0 saturated carbocycles. The SMILES string of the molecule is CC(C(=O)N1CCN(C(C)c2nc(-c3ccccc3)no2)CC1)C1CNC1.Cl.Cl. The van der Waals surface area contributed by atoms with Crippen molar-refractivity contribution >= 4 is 30.7 Å². The van der Waals surface area contributed by atoms with Crippen molar-refractivity contribution in [1.82, 2.24) is 25.3 Å². The minimum Gasteiger partial charge on any atom is -0.340 e. The summed E-state index contributed by atoms with van der Waals surface area (Å²) in [5.74, 6) is 2.14. The normalized spacial score (nSPS) is 19.4. The minimum atomic E-state index is 0. The van der Waals surface area contributed by atoms with Gasteiger partial charge in [0.2, 0.25) is 17.6 Å². The highest BCUT2D eigenvalue weighted by molar-refractivity contribution is 5.85. The Morgan fingerprint density at radius 2 is 1.76 bits per heavy atom. The predicted octanol–water partition coefficient (Wildman–Crippen LogP) is 2.64. The van der Waals surface area contributed by atoms with Crippen LogP contribution in [0.4, 0.5) is 0 Å². The molecule has 0 radical (unpaired) electrons. The molecule has 2 fully saturated rings. The number of amides is 1. The summed E-state index contributed by atoms with van der Waals surface area (Å²) < 4.78 is 5.51. The number of nitrogens with one attached hydrogen (secondary N) is 1. The summed E-state index contributed by atoms with van der Waals surface area (Å²) >= 11 is 0. The molecule has 2 aliphatic heterocycles. The van der Waals surface area contributed by atoms with Crippen LogP contribution in [0, 0.1) is 11.8 Å². The average Bonchev–Trinajstić information content (AvgIpc) is 3.16. The van der Waals surface area contributed by atoms with Crippen LogP contribution in [-0.2, 0) is 4.79 Å². The third-order valence-electron chi connectivity index (χ3n) is 5.91. The maximum Gasteiger partial charge on any atom is 0.244 e. The molecule has 9 heteroatoms. The second-order valence-electron chi connectivity index (χ2n) is 7.57. The Kier molecular flexibility index (Phi) is 8.46. The Hall–Kier alpha value is -1.67. The lowest BCUT2D eigenvalue weighted by molar-refractivity contribution is -0.139. The molecule has 1 aromatic heterocycles. The zero-order chi connectivity index (χ0) is 18.8. The zero-order valence-electron chi connectivity index (χ0n) is 16.8. The van der Waals surface area contributed by atoms with Gasteiger partial charge in [0, 0.05) is 37.7 Å². The highest BCUT2D eigenvalue weighted by Gasteiger charge is 2.34. The molecule has 29 heavy (non-hydrogen) atoms. The molecule has 160 valence electrons. The molecule has 1 amide bonds. The molecule has 0 aliphatic carbocycles. The topological polar surface area (TPSA) is 74.5 Å². The van der Waals surface area contributed by atoms with Gasteiger partial charge >= 0.3 is 0 Å². The molecule has 0 spiro atoms. The average molecular weight is 442 g/mol. The Bertz CT molecular complexity index is 776. The van der Waals surface area contributed by atoms with Gasteiger partial charge in [-0.2, -0.15) is 4.98 Å². The van der Waals surface area contributed by atoms with Crippen molar-refractivity contribution in [1.29, 1.82) is 0 Å². The van der Waals surface area contributed by atoms with Crippen LogP contribution >= 0.6 is 24.8 Å². The van der Waals surface area contributed by atoms with Crippen molar-refractivity contribution < 1.29 is 9.32 Å². The lowest BCUT2D eigenvalue weighted by Crippen LogP contribution is -2.54. The van der Waals surface area contributed by atoms with Crippen LogP contribution in [0.2, 0.25) is 0 Å². The standard InChI is InChI=1S/C20H27N5O2.2ClH/c1-14(17-12-21-13-17)20(26)25-10-8-24(9-11-25)15(2)19-22-18(23-27-19)16-6-4-3-5-7-16;;/h3-7,14-15,17,21H,8-13H2,1-2H3;2*1H. The van der Waals surface area contributed by atoms with Crippen LogP contribution in [0.5, 0.6) is 0 Å². The van der Waals surface area contributed by atoms with E-state index in [2.05, 4.69) is 34.2 Å². The summed E-state index contributed by atoms with van der Waals surface area (Å²) in [5.41, 5.74) is 0.953. The van der Waals surface area contributed by atoms with Gasteiger partial charge < -0.3 is 14.7 Å². The third kappa shape index (κ3) is 5.09. The van der Waals surface area contributed by atoms with Gasteiger partial charge in [0.05, 0.1) is 6.04 Å². The fourth-order valence-corrected chi connectivity index (χ4v) is 3.75. The van der Waals surface area contributed by atoms with E-state index in [1.165, 1.54) is 0 Å². The molecule has 2 aliphatic rings. The van der Waals surface area contributed by atoms with Gasteiger partial charge in [-0.1, -0.05) is 42.4 Å². The number of halogens is 2. The molecule has 1 N–H and O–H groups in total. The van der Waals surface area contributed by atoms with E-state index in [0.29, 0.717) is 17.6 Å². The second kappa shape index (κ2) is 10.4. The molecule has 1 aromatic carbocycles. The van der Waals surface area contributed by atoms with Crippen LogP contribution in [0.15, 0.2) is 34.9 Å². The molecule has 7 nitrogen and oxygen atoms in total. The number of piperazine rings is 1. The van der Waals surface area contributed by atoms with Crippen molar-refractivity contribution in [3.05, 3.63) is 36.2 Å². The predicted molar refractivity (Wildman–Crippen MR) is 116 cm³/mol. The van der Waals surface area contributed by atoms with Crippen molar-refractivity contribution in [2.45, 2.75) is 19.9 Å². The molecular weight excluding hydrogens is 413 g/mol. The number of benzene rings is 1. The van der Waals surface area contributed by atoms with Gasteiger partial charge in [-0.25, -0.2) is 0 Å². The second-order valence-corrected chi connectivity index (χ2v) is 7.57. The van der Waals surface area contributed by atoms with Gasteiger partial charge in [-0.3, -0.25) is 9.69 Å². The van der Waals surface area contributed by atoms with Crippen LogP contribution in [-0.4, -0.2) is 65.1 Å². The van der Waals surface area contributed by atoms with Crippen molar-refractivity contribution in [3.63, 3.8) is 0 Å². The first-order valence-corrected chi connectivity index (χ1v) is 9.76. The zero-order valence-corrected chi connectivity index (χ0v) is 18.4. The van der Waals surface area contributed by atoms with E-state index in [9.17, 15) is 4.79 Å². The summed E-state index contributed by atoms with van der Waals surface area (Å²) in [6.07, 6.45) is 0. The number of aromatic nitrogens is 2. The van der Waals surface area contributed by atoms with Gasteiger partial charge in [0.1, 0.15) is 0 Å². The van der Waals surface area contributed by atoms with Gasteiger partial charge in [-0.15, -0.1) is 24.8 Å². The fourth-order valence-electron chi connectivity index (χ4n) is 3.75. The Morgan fingerprint density at radius 1 is 1.10 bits per heavy atom. The number of hydrogen-bond donors (Lipinski definition) is 1. The summed E-state index contributed by atoms with van der Waals surface area (Å²) in [6.45, 7) is 9.24. The number of nitrogens with zero attached hydrogens (tertiary/aromatic N) is 4. The number of carbonyl (C=O) groups excluding carboxylic acids is 1. The summed E-state index contributed by atoms with van der Waals surface area (Å²) in [5, 5.41) is 7.37. The molecule has 2 saturated heterocycles. The Balaban J connectivity index is 0.00000150. The molecule has 2 aromatic rings. The summed E-state index contributed by atoms with van der Waals surface area (Å²) in [6, 6.07) is 9.89. The molecule has 0 bridgehead atoms. The molecular formula is C20H29Cl2N5O2. The first kappa shape index (κ1) is 23.6. The highest BCUT2D eigenvalue weighted by Crippen LogP contribution is 2.25. The Labute approximate surface area is 184 Å². The number of carbonyl (C=O) groups is 1. The summed E-state index contributed by atoms with van der Waals surface area (Å²) in [7, 11) is 0. The van der Waals surface area contributed by atoms with E-state index < -0.39 is 0 Å². The van der Waals surface area contributed by atoms with Crippen molar-refractivity contribution in [2.75, 3.05) is 39.3 Å². The van der Waals surface area contributed by atoms with Crippen molar-refractivity contribution in [2.24, 2.45) is 11.8 Å². The van der Waals surface area contributed by atoms with Crippen LogP contribution < -0.4 is 5.32 Å². The van der Waals surface area contributed by atoms with Gasteiger partial charge in [0.15, 0.2) is 0 Å². The lowest BCUT2D eigenvalue weighted by atomic mass is 9.88. The Morgan fingerprint density at radius 3 is 2.34 bits per heavy atom. The maximum atomic E-state index is 12.7. The fraction of sp³-hybridized carbons (Fsp3) is 0.550. The quantitative estimate of drug-likeness (QED) is 0.768. The van der Waals surface area contributed by atoms with Crippen LogP contribution in [0.25, 0.3) is 11.4 Å². The first-order valence-electron chi connectivity index (χ1n) is 9.76. The van der Waals surface area contributed by atoms with E-state index in [1.54, 1.807) is 0 Å². The first-order chi connectivity index (χ1) is 13.1. The number of rotatable bonds is 5. The van der Waals surface area contributed by atoms with Crippen LogP contribution in [0.3, 0.4) is 0 Å². The van der Waals surface area contributed by atoms with E-state index in [0.717, 1.165) is 44.8 Å². The number of hydrogen-bond acceptors (Lipinski definition) is 6. The third-order valence-corrected chi connectivity index (χ3v) is 5.91. The van der Waals surface area contributed by atoms with E-state index in [4.69, 9.17) is 4.52 Å². The monoisotopic (exact) mass is 441 g/mol. The van der Waals surface area contributed by atoms with E-state index in [1.807, 2.05) is 35.2 Å². The smallest absolute Gasteiger partial charge is 0.244 e. The maximum absolute atomic E-state index is 12.7. The molecule has 2 atom stereocenters. The van der Waals surface area contributed by atoms with Crippen LogP contribution in [0.1, 0.15) is 25.8 Å². The van der Waals surface area contributed by atoms with E-state index >= 15 is 0 Å². The van der Waals surface area contributed by atoms with E-state index in [-0.39, 0.29) is 42.7 Å². The molecule has 3 heterocycles. The lowest BCUT2D eigenvalue weighted by Gasteiger charge is -2.40. The largest absolute Gasteiger partial charge is 0.340 e.